The third-order valence-corrected chi connectivity index (χ3v) is 3.75. The summed E-state index contributed by atoms with van der Waals surface area (Å²) < 4.78 is 77.8. The smallest absolute Gasteiger partial charge is 0.391 e. The lowest BCUT2D eigenvalue weighted by Crippen LogP contribution is -2.30. The van der Waals surface area contributed by atoms with Crippen molar-refractivity contribution in [1.29, 1.82) is 0 Å². The number of aliphatic hydroxyl groups is 1. The summed E-state index contributed by atoms with van der Waals surface area (Å²) >= 11 is 0. The molecule has 136 valence electrons. The number of hydrogen-bond acceptors (Lipinski definition) is 2. The van der Waals surface area contributed by atoms with Crippen LogP contribution < -0.4 is 5.73 Å². The molecule has 2 atom stereocenters. The lowest BCUT2D eigenvalue weighted by molar-refractivity contribution is -0.142. The van der Waals surface area contributed by atoms with Crippen molar-refractivity contribution in [2.24, 2.45) is 5.73 Å². The van der Waals surface area contributed by atoms with Gasteiger partial charge in [-0.25, -0.2) is 0 Å². The molecule has 0 radical (unpaired) electrons. The molecule has 0 saturated carbocycles. The lowest BCUT2D eigenvalue weighted by Gasteiger charge is -2.24. The Morgan fingerprint density at radius 3 is 2.00 bits per heavy atom. The van der Waals surface area contributed by atoms with Gasteiger partial charge in [0.2, 0.25) is 0 Å². The van der Waals surface area contributed by atoms with Gasteiger partial charge in [0.25, 0.3) is 0 Å². The van der Waals surface area contributed by atoms with E-state index in [-0.39, 0.29) is 6.42 Å². The van der Waals surface area contributed by atoms with E-state index < -0.39 is 41.2 Å². The summed E-state index contributed by atoms with van der Waals surface area (Å²) in [7, 11) is 0. The zero-order valence-corrected chi connectivity index (χ0v) is 12.8. The molecule has 2 rings (SSSR count). The van der Waals surface area contributed by atoms with Gasteiger partial charge in [0, 0.05) is 6.42 Å². The second-order valence-corrected chi connectivity index (χ2v) is 5.58. The minimum atomic E-state index is -4.89. The van der Waals surface area contributed by atoms with Crippen LogP contribution in [0.1, 0.15) is 28.3 Å². The normalized spacial score (nSPS) is 15.0. The molecule has 0 bridgehead atoms. The van der Waals surface area contributed by atoms with Crippen LogP contribution in [0.15, 0.2) is 48.5 Å². The highest BCUT2D eigenvalue weighted by molar-refractivity contribution is 5.38. The zero-order chi connectivity index (χ0) is 18.8. The Hall–Kier alpha value is -2.06. The van der Waals surface area contributed by atoms with Crippen LogP contribution in [0.3, 0.4) is 0 Å². The molecule has 0 spiro atoms. The average Bonchev–Trinajstić information content (AvgIpc) is 2.52. The SMILES string of the molecule is N[C@H](c1cc(C(F)(F)F)ccc1C(F)(F)F)[C@@H](O)Cc1ccccc1. The summed E-state index contributed by atoms with van der Waals surface area (Å²) in [5.41, 5.74) is 2.95. The van der Waals surface area contributed by atoms with Crippen LogP contribution in [0.2, 0.25) is 0 Å². The third-order valence-electron chi connectivity index (χ3n) is 3.75. The highest BCUT2D eigenvalue weighted by Crippen LogP contribution is 2.39. The van der Waals surface area contributed by atoms with E-state index in [4.69, 9.17) is 5.73 Å². The van der Waals surface area contributed by atoms with Crippen LogP contribution in [0.25, 0.3) is 0 Å². The molecule has 8 heteroatoms. The van der Waals surface area contributed by atoms with Gasteiger partial charge in [0.05, 0.1) is 23.3 Å². The molecule has 0 amide bonds. The first-order valence-electron chi connectivity index (χ1n) is 7.26. The van der Waals surface area contributed by atoms with Crippen LogP contribution in [-0.2, 0) is 18.8 Å². The average molecular weight is 363 g/mol. The van der Waals surface area contributed by atoms with Gasteiger partial charge in [-0.1, -0.05) is 30.3 Å². The molecule has 0 aliphatic rings. The van der Waals surface area contributed by atoms with Crippen molar-refractivity contribution >= 4 is 0 Å². The largest absolute Gasteiger partial charge is 0.416 e. The van der Waals surface area contributed by atoms with Gasteiger partial charge in [0.1, 0.15) is 0 Å². The lowest BCUT2D eigenvalue weighted by atomic mass is 9.91. The number of nitrogens with two attached hydrogens (primary N) is 1. The molecule has 0 heterocycles. The first-order chi connectivity index (χ1) is 11.5. The maximum absolute atomic E-state index is 13.1. The van der Waals surface area contributed by atoms with Gasteiger partial charge in [-0.15, -0.1) is 0 Å². The Balaban J connectivity index is 2.40. The topological polar surface area (TPSA) is 46.2 Å². The standard InChI is InChI=1S/C17H15F6NO/c18-16(19,20)11-6-7-13(17(21,22)23)12(9-11)15(24)14(25)8-10-4-2-1-3-5-10/h1-7,9,14-15,25H,8,24H2/t14-,15+/m0/s1. The first kappa shape index (κ1) is 19.3. The number of rotatable bonds is 4. The summed E-state index contributed by atoms with van der Waals surface area (Å²) in [5, 5.41) is 10.1. The molecule has 0 aliphatic heterocycles. The van der Waals surface area contributed by atoms with Gasteiger partial charge in [0.15, 0.2) is 0 Å². The molecule has 0 fully saturated rings. The van der Waals surface area contributed by atoms with Crippen LogP contribution in [0.4, 0.5) is 26.3 Å². The van der Waals surface area contributed by atoms with Crippen molar-refractivity contribution in [2.75, 3.05) is 0 Å². The van der Waals surface area contributed by atoms with E-state index in [1.165, 1.54) is 0 Å². The fourth-order valence-corrected chi connectivity index (χ4v) is 2.46. The fourth-order valence-electron chi connectivity index (χ4n) is 2.46. The highest BCUT2D eigenvalue weighted by atomic mass is 19.4. The van der Waals surface area contributed by atoms with E-state index in [9.17, 15) is 31.4 Å². The Morgan fingerprint density at radius 1 is 0.880 bits per heavy atom. The Morgan fingerprint density at radius 2 is 1.48 bits per heavy atom. The van der Waals surface area contributed by atoms with Crippen LogP contribution in [0, 0.1) is 0 Å². The van der Waals surface area contributed by atoms with Crippen molar-refractivity contribution in [1.82, 2.24) is 0 Å². The fraction of sp³-hybridized carbons (Fsp3) is 0.294. The van der Waals surface area contributed by atoms with Crippen LogP contribution in [0.5, 0.6) is 0 Å². The van der Waals surface area contributed by atoms with Crippen LogP contribution >= 0.6 is 0 Å². The minimum Gasteiger partial charge on any atom is -0.391 e. The molecule has 3 N–H and O–H groups in total. The van der Waals surface area contributed by atoms with Gasteiger partial charge < -0.3 is 10.8 Å². The summed E-state index contributed by atoms with van der Waals surface area (Å²) in [6.07, 6.45) is -11.3. The van der Waals surface area contributed by atoms with Gasteiger partial charge in [-0.2, -0.15) is 26.3 Å². The number of benzene rings is 2. The molecule has 0 aliphatic carbocycles. The van der Waals surface area contributed by atoms with Crippen molar-refractivity contribution in [3.8, 4) is 0 Å². The third kappa shape index (κ3) is 4.73. The Kier molecular flexibility index (Phi) is 5.43. The molecular weight excluding hydrogens is 348 g/mol. The van der Waals surface area contributed by atoms with Crippen molar-refractivity contribution < 1.29 is 31.4 Å². The zero-order valence-electron chi connectivity index (χ0n) is 12.8. The quantitative estimate of drug-likeness (QED) is 0.795. The number of halogens is 6. The van der Waals surface area contributed by atoms with E-state index in [0.29, 0.717) is 23.8 Å². The molecule has 0 saturated heterocycles. The second kappa shape index (κ2) is 7.05. The summed E-state index contributed by atoms with van der Waals surface area (Å²) in [5.74, 6) is 0. The van der Waals surface area contributed by atoms with Gasteiger partial charge in [-0.3, -0.25) is 0 Å². The Labute approximate surface area is 139 Å². The highest BCUT2D eigenvalue weighted by Gasteiger charge is 2.39. The molecule has 25 heavy (non-hydrogen) atoms. The molecule has 2 aromatic rings. The molecule has 0 aromatic heterocycles. The molecule has 2 aromatic carbocycles. The second-order valence-electron chi connectivity index (χ2n) is 5.58. The number of alkyl halides is 6. The van der Waals surface area contributed by atoms with E-state index >= 15 is 0 Å². The first-order valence-corrected chi connectivity index (χ1v) is 7.26. The Bertz CT molecular complexity index is 711. The number of hydrogen-bond donors (Lipinski definition) is 2. The van der Waals surface area contributed by atoms with E-state index in [2.05, 4.69) is 0 Å². The molecular formula is C17H15F6NO. The van der Waals surface area contributed by atoms with E-state index in [1.54, 1.807) is 30.3 Å². The van der Waals surface area contributed by atoms with E-state index in [0.717, 1.165) is 0 Å². The molecule has 0 unspecified atom stereocenters. The van der Waals surface area contributed by atoms with Gasteiger partial charge >= 0.3 is 12.4 Å². The van der Waals surface area contributed by atoms with Crippen molar-refractivity contribution in [2.45, 2.75) is 30.9 Å². The van der Waals surface area contributed by atoms with Crippen molar-refractivity contribution in [3.05, 3.63) is 70.8 Å². The van der Waals surface area contributed by atoms with Gasteiger partial charge in [-0.05, 0) is 29.3 Å². The predicted octanol–water partition coefficient (Wildman–Crippen LogP) is 4.33. The predicted molar refractivity (Wildman–Crippen MR) is 79.5 cm³/mol. The van der Waals surface area contributed by atoms with Crippen LogP contribution in [-0.4, -0.2) is 11.2 Å². The summed E-state index contributed by atoms with van der Waals surface area (Å²) in [4.78, 5) is 0. The number of aliphatic hydroxyl groups excluding tert-OH is 1. The maximum atomic E-state index is 13.1. The van der Waals surface area contributed by atoms with E-state index in [1.807, 2.05) is 0 Å². The monoisotopic (exact) mass is 363 g/mol. The summed E-state index contributed by atoms with van der Waals surface area (Å²) in [6, 6.07) is 7.72. The maximum Gasteiger partial charge on any atom is 0.416 e. The van der Waals surface area contributed by atoms with Crippen molar-refractivity contribution in [3.63, 3.8) is 0 Å². The minimum absolute atomic E-state index is 0.0877. The molecule has 2 nitrogen and oxygen atoms in total. The summed E-state index contributed by atoms with van der Waals surface area (Å²) in [6.45, 7) is 0.